The first kappa shape index (κ1) is 17.7. The third-order valence-electron chi connectivity index (χ3n) is 3.08. The lowest BCUT2D eigenvalue weighted by atomic mass is 10.2. The van der Waals surface area contributed by atoms with Gasteiger partial charge < -0.3 is 24.4 Å². The summed E-state index contributed by atoms with van der Waals surface area (Å²) >= 11 is 0. The predicted molar refractivity (Wildman–Crippen MR) is 81.4 cm³/mol. The zero-order valence-electron chi connectivity index (χ0n) is 13.3. The molecule has 0 saturated carbocycles. The number of ether oxygens (including phenoxy) is 1. The predicted octanol–water partition coefficient (Wildman–Crippen LogP) is 0.923. The third-order valence-corrected chi connectivity index (χ3v) is 3.08. The lowest BCUT2D eigenvalue weighted by molar-refractivity contribution is 0.0742. The average Bonchev–Trinajstić information content (AvgIpc) is 2.40. The number of hydrogen-bond donors (Lipinski definition) is 2. The van der Waals surface area contributed by atoms with Gasteiger partial charge in [-0.1, -0.05) is 0 Å². The molecule has 1 rings (SSSR count). The Hall–Kier alpha value is -1.37. The fourth-order valence-corrected chi connectivity index (χ4v) is 2.15. The summed E-state index contributed by atoms with van der Waals surface area (Å²) in [6.07, 6.45) is 0.916. The standard InChI is InChI=1S/C15H26N2O4/c1-11(2)21-7-5-6-17-12(10-18)8-14(19)15(20)13(17)9-16(3)4/h8,11,18,20H,5-7,9-10H2,1-4H3. The summed E-state index contributed by atoms with van der Waals surface area (Å²) < 4.78 is 7.31. The zero-order valence-corrected chi connectivity index (χ0v) is 13.3. The number of pyridine rings is 1. The Kier molecular flexibility index (Phi) is 6.87. The smallest absolute Gasteiger partial charge is 0.223 e. The number of nitrogens with zero attached hydrogens (tertiary/aromatic N) is 2. The van der Waals surface area contributed by atoms with E-state index in [1.165, 1.54) is 6.07 Å². The van der Waals surface area contributed by atoms with E-state index in [1.54, 1.807) is 4.57 Å². The van der Waals surface area contributed by atoms with E-state index in [2.05, 4.69) is 0 Å². The van der Waals surface area contributed by atoms with Gasteiger partial charge in [-0.2, -0.15) is 0 Å². The number of rotatable bonds is 8. The summed E-state index contributed by atoms with van der Waals surface area (Å²) in [5.41, 5.74) is 0.589. The van der Waals surface area contributed by atoms with Crippen LogP contribution in [0.3, 0.4) is 0 Å². The number of aliphatic hydroxyl groups excluding tert-OH is 1. The number of aliphatic hydroxyl groups is 1. The van der Waals surface area contributed by atoms with Crippen LogP contribution in [-0.4, -0.2) is 46.5 Å². The summed E-state index contributed by atoms with van der Waals surface area (Å²) in [5.74, 6) is -0.245. The van der Waals surface area contributed by atoms with Crippen molar-refractivity contribution in [1.82, 2.24) is 9.47 Å². The van der Waals surface area contributed by atoms with Crippen LogP contribution in [0.15, 0.2) is 10.9 Å². The number of hydrogen-bond acceptors (Lipinski definition) is 5. The zero-order chi connectivity index (χ0) is 16.0. The molecule has 2 N–H and O–H groups in total. The van der Waals surface area contributed by atoms with Gasteiger partial charge in [-0.15, -0.1) is 0 Å². The second kappa shape index (κ2) is 8.17. The van der Waals surface area contributed by atoms with E-state index in [9.17, 15) is 15.0 Å². The van der Waals surface area contributed by atoms with Crippen LogP contribution in [0.2, 0.25) is 0 Å². The molecule has 21 heavy (non-hydrogen) atoms. The molecule has 0 saturated heterocycles. The molecular weight excluding hydrogens is 272 g/mol. The summed E-state index contributed by atoms with van der Waals surface area (Å²) in [6.45, 7) is 5.32. The van der Waals surface area contributed by atoms with Crippen LogP contribution in [0.25, 0.3) is 0 Å². The van der Waals surface area contributed by atoms with E-state index in [0.29, 0.717) is 31.1 Å². The van der Waals surface area contributed by atoms with Crippen molar-refractivity contribution in [1.29, 1.82) is 0 Å². The van der Waals surface area contributed by atoms with Crippen molar-refractivity contribution >= 4 is 0 Å². The maximum absolute atomic E-state index is 11.8. The fourth-order valence-electron chi connectivity index (χ4n) is 2.15. The Morgan fingerprint density at radius 3 is 2.57 bits per heavy atom. The van der Waals surface area contributed by atoms with E-state index in [1.807, 2.05) is 32.8 Å². The normalized spacial score (nSPS) is 11.6. The van der Waals surface area contributed by atoms with Gasteiger partial charge >= 0.3 is 0 Å². The molecule has 0 aliphatic rings. The first-order valence-electron chi connectivity index (χ1n) is 7.18. The molecule has 0 fully saturated rings. The summed E-state index contributed by atoms with van der Waals surface area (Å²) in [4.78, 5) is 13.6. The number of aromatic nitrogens is 1. The van der Waals surface area contributed by atoms with Crippen molar-refractivity contribution in [3.05, 3.63) is 27.7 Å². The maximum atomic E-state index is 11.8. The van der Waals surface area contributed by atoms with E-state index in [4.69, 9.17) is 4.74 Å². The van der Waals surface area contributed by atoms with Crippen LogP contribution in [0.4, 0.5) is 0 Å². The molecule has 0 radical (unpaired) electrons. The van der Waals surface area contributed by atoms with Crippen LogP contribution in [0.1, 0.15) is 31.7 Å². The van der Waals surface area contributed by atoms with Crippen LogP contribution in [0.5, 0.6) is 5.75 Å². The van der Waals surface area contributed by atoms with Gasteiger partial charge in [0.25, 0.3) is 0 Å². The second-order valence-corrected chi connectivity index (χ2v) is 5.62. The molecule has 6 heteroatoms. The molecule has 0 aliphatic heterocycles. The van der Waals surface area contributed by atoms with Gasteiger partial charge in [0, 0.05) is 31.5 Å². The lowest BCUT2D eigenvalue weighted by Gasteiger charge is -2.21. The average molecular weight is 298 g/mol. The van der Waals surface area contributed by atoms with Gasteiger partial charge in [0.05, 0.1) is 18.4 Å². The SMILES string of the molecule is CC(C)OCCCn1c(CO)cc(=O)c(O)c1CN(C)C. The lowest BCUT2D eigenvalue weighted by Crippen LogP contribution is -2.23. The van der Waals surface area contributed by atoms with Gasteiger partial charge in [-0.3, -0.25) is 4.79 Å². The number of aromatic hydroxyl groups is 1. The minimum atomic E-state index is -0.453. The molecule has 0 bridgehead atoms. The van der Waals surface area contributed by atoms with E-state index < -0.39 is 5.43 Å². The van der Waals surface area contributed by atoms with Crippen LogP contribution in [0, 0.1) is 0 Å². The van der Waals surface area contributed by atoms with Crippen molar-refractivity contribution in [2.45, 2.75) is 46.1 Å². The highest BCUT2D eigenvalue weighted by Crippen LogP contribution is 2.17. The van der Waals surface area contributed by atoms with Crippen molar-refractivity contribution in [2.24, 2.45) is 0 Å². The second-order valence-electron chi connectivity index (χ2n) is 5.62. The fraction of sp³-hybridized carbons (Fsp3) is 0.667. The van der Waals surface area contributed by atoms with Crippen molar-refractivity contribution in [3.63, 3.8) is 0 Å². The minimum absolute atomic E-state index is 0.172. The highest BCUT2D eigenvalue weighted by atomic mass is 16.5. The molecule has 1 aromatic heterocycles. The van der Waals surface area contributed by atoms with Gasteiger partial charge in [0.2, 0.25) is 5.43 Å². The topological polar surface area (TPSA) is 74.9 Å². The van der Waals surface area contributed by atoms with Crippen molar-refractivity contribution in [3.8, 4) is 5.75 Å². The highest BCUT2D eigenvalue weighted by molar-refractivity contribution is 5.30. The Labute approximate surface area is 125 Å². The van der Waals surface area contributed by atoms with Gasteiger partial charge in [0.15, 0.2) is 5.75 Å². The summed E-state index contributed by atoms with van der Waals surface area (Å²) in [5, 5.41) is 19.5. The molecular formula is C15H26N2O4. The molecule has 120 valence electrons. The van der Waals surface area contributed by atoms with Crippen LogP contribution < -0.4 is 5.43 Å². The molecule has 0 atom stereocenters. The first-order valence-corrected chi connectivity index (χ1v) is 7.18. The molecule has 1 heterocycles. The van der Waals surface area contributed by atoms with Gasteiger partial charge in [-0.25, -0.2) is 0 Å². The van der Waals surface area contributed by atoms with E-state index >= 15 is 0 Å². The molecule has 0 unspecified atom stereocenters. The molecule has 6 nitrogen and oxygen atoms in total. The molecule has 0 amide bonds. The Morgan fingerprint density at radius 2 is 2.05 bits per heavy atom. The van der Waals surface area contributed by atoms with Gasteiger partial charge in [0.1, 0.15) is 0 Å². The quantitative estimate of drug-likeness (QED) is 0.698. The highest BCUT2D eigenvalue weighted by Gasteiger charge is 2.15. The van der Waals surface area contributed by atoms with Crippen LogP contribution in [-0.2, 0) is 24.4 Å². The van der Waals surface area contributed by atoms with Crippen LogP contribution >= 0.6 is 0 Å². The maximum Gasteiger partial charge on any atom is 0.223 e. The third kappa shape index (κ3) is 5.15. The monoisotopic (exact) mass is 298 g/mol. The van der Waals surface area contributed by atoms with Gasteiger partial charge in [-0.05, 0) is 34.4 Å². The Balaban J connectivity index is 3.02. The Morgan fingerprint density at radius 1 is 1.38 bits per heavy atom. The van der Waals surface area contributed by atoms with E-state index in [0.717, 1.165) is 6.42 Å². The largest absolute Gasteiger partial charge is 0.503 e. The molecule has 0 aromatic carbocycles. The van der Waals surface area contributed by atoms with Crippen molar-refractivity contribution in [2.75, 3.05) is 20.7 Å². The molecule has 1 aromatic rings. The minimum Gasteiger partial charge on any atom is -0.503 e. The first-order chi connectivity index (χ1) is 9.86. The molecule has 0 aliphatic carbocycles. The molecule has 0 spiro atoms. The Bertz CT molecular complexity index is 509. The van der Waals surface area contributed by atoms with Crippen molar-refractivity contribution < 1.29 is 14.9 Å². The van der Waals surface area contributed by atoms with E-state index in [-0.39, 0.29) is 18.5 Å². The summed E-state index contributed by atoms with van der Waals surface area (Å²) in [6, 6.07) is 1.29. The summed E-state index contributed by atoms with van der Waals surface area (Å²) in [7, 11) is 3.73.